The van der Waals surface area contributed by atoms with Gasteiger partial charge in [-0.15, -0.1) is 0 Å². The Morgan fingerprint density at radius 2 is 2.00 bits per heavy atom. The third-order valence-corrected chi connectivity index (χ3v) is 3.40. The van der Waals surface area contributed by atoms with Gasteiger partial charge in [0.1, 0.15) is 0 Å². The Labute approximate surface area is 113 Å². The molecule has 5 nitrogen and oxygen atoms in total. The average molecular weight is 272 g/mol. The fourth-order valence-corrected chi connectivity index (χ4v) is 2.27. The van der Waals surface area contributed by atoms with Crippen LogP contribution in [-0.4, -0.2) is 42.1 Å². The van der Waals surface area contributed by atoms with Crippen LogP contribution in [0.25, 0.3) is 0 Å². The van der Waals surface area contributed by atoms with Crippen LogP contribution >= 0.6 is 12.2 Å². The zero-order valence-corrected chi connectivity index (χ0v) is 11.7. The Morgan fingerprint density at radius 1 is 1.39 bits per heavy atom. The third-order valence-electron chi connectivity index (χ3n) is 3.04. The summed E-state index contributed by atoms with van der Waals surface area (Å²) in [5.74, 6) is -0.242. The summed E-state index contributed by atoms with van der Waals surface area (Å²) in [5.41, 5.74) is 0. The summed E-state index contributed by atoms with van der Waals surface area (Å²) < 4.78 is 4.72. The first-order valence-electron chi connectivity index (χ1n) is 6.25. The van der Waals surface area contributed by atoms with Crippen LogP contribution in [0, 0.1) is 5.92 Å². The molecule has 1 heterocycles. The van der Waals surface area contributed by atoms with Gasteiger partial charge < -0.3 is 15.0 Å². The number of ether oxygens (including phenoxy) is 1. The number of methoxy groups -OCH3 is 1. The van der Waals surface area contributed by atoms with Crippen molar-refractivity contribution in [3.63, 3.8) is 0 Å². The van der Waals surface area contributed by atoms with E-state index in [0.717, 1.165) is 19.3 Å². The number of carbonyl (C=O) groups is 2. The second kappa shape index (κ2) is 7.31. The molecule has 1 fully saturated rings. The normalized spacial score (nSPS) is 16.2. The molecule has 0 aromatic rings. The zero-order valence-electron chi connectivity index (χ0n) is 10.9. The predicted octanol–water partition coefficient (Wildman–Crippen LogP) is 1.07. The van der Waals surface area contributed by atoms with E-state index >= 15 is 0 Å². The topological polar surface area (TPSA) is 58.6 Å². The summed E-state index contributed by atoms with van der Waals surface area (Å²) in [6.45, 7) is 3.32. The predicted molar refractivity (Wildman–Crippen MR) is 72.0 cm³/mol. The molecule has 6 heteroatoms. The van der Waals surface area contributed by atoms with Gasteiger partial charge in [0.2, 0.25) is 5.91 Å². The lowest BCUT2D eigenvalue weighted by atomic mass is 9.97. The smallest absolute Gasteiger partial charge is 0.308 e. The number of hydrogen-bond donors (Lipinski definition) is 1. The van der Waals surface area contributed by atoms with Crippen LogP contribution in [0.2, 0.25) is 0 Å². The van der Waals surface area contributed by atoms with E-state index in [1.165, 1.54) is 7.11 Å². The fraction of sp³-hybridized carbons (Fsp3) is 0.750. The van der Waals surface area contributed by atoms with Crippen molar-refractivity contribution in [3.8, 4) is 0 Å². The highest BCUT2D eigenvalue weighted by atomic mass is 32.1. The molecule has 0 aliphatic carbocycles. The van der Waals surface area contributed by atoms with E-state index in [-0.39, 0.29) is 17.8 Å². The first kappa shape index (κ1) is 14.9. The summed E-state index contributed by atoms with van der Waals surface area (Å²) in [6.07, 6.45) is 2.73. The van der Waals surface area contributed by atoms with E-state index in [9.17, 15) is 9.59 Å². The molecule has 0 aromatic carbocycles. The van der Waals surface area contributed by atoms with E-state index in [1.54, 1.807) is 0 Å². The van der Waals surface area contributed by atoms with Crippen molar-refractivity contribution in [2.45, 2.75) is 32.6 Å². The van der Waals surface area contributed by atoms with Gasteiger partial charge in [0.05, 0.1) is 13.0 Å². The number of likely N-dealkylation sites (tertiary alicyclic amines) is 1. The zero-order chi connectivity index (χ0) is 13.5. The Morgan fingerprint density at radius 3 is 2.50 bits per heavy atom. The van der Waals surface area contributed by atoms with Crippen LogP contribution in [0.15, 0.2) is 0 Å². The summed E-state index contributed by atoms with van der Waals surface area (Å²) in [5, 5.41) is 3.18. The lowest BCUT2D eigenvalue weighted by Crippen LogP contribution is -2.47. The molecule has 18 heavy (non-hydrogen) atoms. The van der Waals surface area contributed by atoms with E-state index in [0.29, 0.717) is 24.6 Å². The summed E-state index contributed by atoms with van der Waals surface area (Å²) in [7, 11) is 1.41. The van der Waals surface area contributed by atoms with Crippen LogP contribution in [-0.2, 0) is 14.3 Å². The summed E-state index contributed by atoms with van der Waals surface area (Å²) >= 11 is 5.17. The van der Waals surface area contributed by atoms with Crippen LogP contribution in [0.4, 0.5) is 0 Å². The van der Waals surface area contributed by atoms with Gasteiger partial charge in [-0.2, -0.15) is 0 Å². The molecular formula is C12H20N2O3S. The maximum absolute atomic E-state index is 11.4. The van der Waals surface area contributed by atoms with E-state index < -0.39 is 0 Å². The largest absolute Gasteiger partial charge is 0.469 e. The minimum Gasteiger partial charge on any atom is -0.469 e. The molecule has 0 spiro atoms. The maximum Gasteiger partial charge on any atom is 0.308 e. The summed E-state index contributed by atoms with van der Waals surface area (Å²) in [6, 6.07) is 0. The van der Waals surface area contributed by atoms with Crippen LogP contribution < -0.4 is 5.32 Å². The third kappa shape index (κ3) is 4.25. The molecule has 0 atom stereocenters. The SMILES string of the molecule is CCCC(=O)NC(=S)N1CCC(C(=O)OC)CC1. The Kier molecular flexibility index (Phi) is 6.04. The highest BCUT2D eigenvalue weighted by molar-refractivity contribution is 7.80. The quantitative estimate of drug-likeness (QED) is 0.615. The monoisotopic (exact) mass is 272 g/mol. The molecule has 0 saturated carbocycles. The highest BCUT2D eigenvalue weighted by Crippen LogP contribution is 2.18. The minimum absolute atomic E-state index is 0.0413. The Balaban J connectivity index is 2.36. The molecule has 0 aromatic heterocycles. The number of nitrogens with zero attached hydrogens (tertiary/aromatic N) is 1. The van der Waals surface area contributed by atoms with Crippen molar-refractivity contribution >= 4 is 29.2 Å². The number of thiocarbonyl (C=S) groups is 1. The second-order valence-electron chi connectivity index (χ2n) is 4.39. The molecule has 1 aliphatic rings. The molecule has 0 radical (unpaired) electrons. The van der Waals surface area contributed by atoms with Gasteiger partial charge in [-0.05, 0) is 31.5 Å². The van der Waals surface area contributed by atoms with Crippen LogP contribution in [0.5, 0.6) is 0 Å². The maximum atomic E-state index is 11.4. The molecule has 1 saturated heterocycles. The molecule has 0 bridgehead atoms. The number of carbonyl (C=O) groups excluding carboxylic acids is 2. The number of piperidine rings is 1. The highest BCUT2D eigenvalue weighted by Gasteiger charge is 2.26. The fourth-order valence-electron chi connectivity index (χ4n) is 1.97. The molecule has 1 aliphatic heterocycles. The van der Waals surface area contributed by atoms with Gasteiger partial charge in [-0.1, -0.05) is 6.92 Å². The number of esters is 1. The molecule has 0 unspecified atom stereocenters. The van der Waals surface area contributed by atoms with Crippen molar-refractivity contribution < 1.29 is 14.3 Å². The van der Waals surface area contributed by atoms with E-state index in [2.05, 4.69) is 5.32 Å². The molecule has 1 rings (SSSR count). The van der Waals surface area contributed by atoms with Gasteiger partial charge in [0.25, 0.3) is 0 Å². The van der Waals surface area contributed by atoms with Crippen molar-refractivity contribution in [2.24, 2.45) is 5.92 Å². The first-order chi connectivity index (χ1) is 8.58. The lowest BCUT2D eigenvalue weighted by molar-refractivity contribution is -0.146. The molecule has 102 valence electrons. The van der Waals surface area contributed by atoms with Crippen molar-refractivity contribution in [1.29, 1.82) is 0 Å². The Bertz CT molecular complexity index is 325. The van der Waals surface area contributed by atoms with Gasteiger partial charge in [0.15, 0.2) is 5.11 Å². The minimum atomic E-state index is -0.157. The number of rotatable bonds is 3. The summed E-state index contributed by atoms with van der Waals surface area (Å²) in [4.78, 5) is 24.7. The average Bonchev–Trinajstić information content (AvgIpc) is 2.38. The standard InChI is InChI=1S/C12H20N2O3S/c1-3-4-10(15)13-12(18)14-7-5-9(6-8-14)11(16)17-2/h9H,3-8H2,1-2H3,(H,13,15,18). The number of nitrogens with one attached hydrogen (secondary N) is 1. The van der Waals surface area contributed by atoms with Gasteiger partial charge >= 0.3 is 5.97 Å². The molecular weight excluding hydrogens is 252 g/mol. The first-order valence-corrected chi connectivity index (χ1v) is 6.65. The van der Waals surface area contributed by atoms with Crippen molar-refractivity contribution in [2.75, 3.05) is 20.2 Å². The van der Waals surface area contributed by atoms with Gasteiger partial charge in [-0.25, -0.2) is 0 Å². The van der Waals surface area contributed by atoms with Crippen LogP contribution in [0.1, 0.15) is 32.6 Å². The second-order valence-corrected chi connectivity index (χ2v) is 4.77. The Hall–Kier alpha value is -1.17. The molecule has 1 amide bonds. The molecule has 1 N–H and O–H groups in total. The van der Waals surface area contributed by atoms with Gasteiger partial charge in [-0.3, -0.25) is 9.59 Å². The van der Waals surface area contributed by atoms with E-state index in [4.69, 9.17) is 17.0 Å². The number of hydrogen-bond acceptors (Lipinski definition) is 4. The van der Waals surface area contributed by atoms with Gasteiger partial charge in [0, 0.05) is 19.5 Å². The van der Waals surface area contributed by atoms with Crippen molar-refractivity contribution in [3.05, 3.63) is 0 Å². The van der Waals surface area contributed by atoms with Crippen molar-refractivity contribution in [1.82, 2.24) is 10.2 Å². The van der Waals surface area contributed by atoms with E-state index in [1.807, 2.05) is 11.8 Å². The van der Waals surface area contributed by atoms with Crippen LogP contribution in [0.3, 0.4) is 0 Å². The lowest BCUT2D eigenvalue weighted by Gasteiger charge is -2.32. The number of amides is 1.